The van der Waals surface area contributed by atoms with Crippen LogP contribution in [0.15, 0.2) is 30.5 Å². The van der Waals surface area contributed by atoms with Crippen molar-refractivity contribution in [2.45, 2.75) is 0 Å². The van der Waals surface area contributed by atoms with Gasteiger partial charge >= 0.3 is 5.97 Å². The summed E-state index contributed by atoms with van der Waals surface area (Å²) in [7, 11) is 4.15. The predicted octanol–water partition coefficient (Wildman–Crippen LogP) is 2.32. The summed E-state index contributed by atoms with van der Waals surface area (Å²) in [6, 6.07) is 5.02. The molecule has 0 aliphatic heterocycles. The van der Waals surface area contributed by atoms with Crippen LogP contribution in [0.1, 0.15) is 5.56 Å². The van der Waals surface area contributed by atoms with E-state index in [-0.39, 0.29) is 12.2 Å². The van der Waals surface area contributed by atoms with Gasteiger partial charge in [0.2, 0.25) is 5.75 Å². The summed E-state index contributed by atoms with van der Waals surface area (Å²) in [5.74, 6) is 0.446. The van der Waals surface area contributed by atoms with Crippen LogP contribution in [0.4, 0.5) is 0 Å². The number of nitriles is 1. The van der Waals surface area contributed by atoms with E-state index in [4.69, 9.17) is 24.2 Å². The lowest BCUT2D eigenvalue weighted by molar-refractivity contribution is -0.135. The summed E-state index contributed by atoms with van der Waals surface area (Å²) in [4.78, 5) is 11.5. The number of hydrogen-bond donors (Lipinski definition) is 0. The standard InChI is InChI=1S/C17H19NO6/c1-5-23-6-7-24-16-14(20-2)9-12(10-15(16)21-3)8-13(11-18)17(19)22-4/h5,8-10H,1,6-7H2,2-4H3/b13-8-. The van der Waals surface area contributed by atoms with Crippen LogP contribution in [0.25, 0.3) is 6.08 Å². The molecule has 0 saturated heterocycles. The molecule has 0 radical (unpaired) electrons. The van der Waals surface area contributed by atoms with Gasteiger partial charge in [-0.3, -0.25) is 0 Å². The third kappa shape index (κ3) is 4.95. The molecule has 1 rings (SSSR count). The smallest absolute Gasteiger partial charge is 0.348 e. The van der Waals surface area contributed by atoms with Crippen molar-refractivity contribution in [3.05, 3.63) is 36.1 Å². The van der Waals surface area contributed by atoms with Gasteiger partial charge in [-0.25, -0.2) is 4.79 Å². The molecule has 0 aliphatic rings. The lowest BCUT2D eigenvalue weighted by Gasteiger charge is -2.15. The first kappa shape index (κ1) is 18.9. The van der Waals surface area contributed by atoms with E-state index >= 15 is 0 Å². The minimum absolute atomic E-state index is 0.144. The summed E-state index contributed by atoms with van der Waals surface area (Å²) in [6.45, 7) is 4.02. The molecule has 1 aromatic rings. The average molecular weight is 333 g/mol. The van der Waals surface area contributed by atoms with Crippen molar-refractivity contribution in [1.82, 2.24) is 0 Å². The first-order chi connectivity index (χ1) is 11.6. The Kier molecular flexibility index (Phi) is 7.71. The number of esters is 1. The molecule has 0 amide bonds. The molecule has 0 saturated carbocycles. The Bertz CT molecular complexity index is 635. The largest absolute Gasteiger partial charge is 0.498 e. The van der Waals surface area contributed by atoms with E-state index in [1.165, 1.54) is 33.7 Å². The summed E-state index contributed by atoms with van der Waals surface area (Å²) in [6.07, 6.45) is 2.70. The van der Waals surface area contributed by atoms with Gasteiger partial charge in [0.05, 0.1) is 27.6 Å². The highest BCUT2D eigenvalue weighted by molar-refractivity contribution is 5.98. The minimum Gasteiger partial charge on any atom is -0.498 e. The van der Waals surface area contributed by atoms with Gasteiger partial charge < -0.3 is 23.7 Å². The molecule has 0 heterocycles. The van der Waals surface area contributed by atoms with E-state index < -0.39 is 5.97 Å². The van der Waals surface area contributed by atoms with Crippen LogP contribution in [0.2, 0.25) is 0 Å². The van der Waals surface area contributed by atoms with Crippen LogP contribution in [-0.2, 0) is 14.3 Å². The topological polar surface area (TPSA) is 87.0 Å². The Morgan fingerprint density at radius 1 is 1.21 bits per heavy atom. The highest BCUT2D eigenvalue weighted by Crippen LogP contribution is 2.39. The maximum Gasteiger partial charge on any atom is 0.348 e. The Hall–Kier alpha value is -3.14. The molecular formula is C17H19NO6. The monoisotopic (exact) mass is 333 g/mol. The van der Waals surface area contributed by atoms with Crippen molar-refractivity contribution in [1.29, 1.82) is 5.26 Å². The molecule has 0 spiro atoms. The second-order valence-electron chi connectivity index (χ2n) is 4.30. The molecule has 24 heavy (non-hydrogen) atoms. The number of ether oxygens (including phenoxy) is 5. The first-order valence-corrected chi connectivity index (χ1v) is 6.92. The average Bonchev–Trinajstić information content (AvgIpc) is 2.62. The molecule has 0 aliphatic carbocycles. The number of carbonyl (C=O) groups excluding carboxylic acids is 1. The summed E-state index contributed by atoms with van der Waals surface area (Å²) in [5, 5.41) is 9.03. The third-order valence-corrected chi connectivity index (χ3v) is 2.89. The zero-order valence-electron chi connectivity index (χ0n) is 13.8. The fourth-order valence-corrected chi connectivity index (χ4v) is 1.81. The van der Waals surface area contributed by atoms with Gasteiger partial charge in [-0.05, 0) is 23.8 Å². The van der Waals surface area contributed by atoms with Crippen LogP contribution in [0.3, 0.4) is 0 Å². The lowest BCUT2D eigenvalue weighted by Crippen LogP contribution is -2.06. The Labute approximate surface area is 140 Å². The maximum atomic E-state index is 11.5. The SMILES string of the molecule is C=COCCOc1c(OC)cc(/C=C(/C#N)C(=O)OC)cc1OC. The third-order valence-electron chi connectivity index (χ3n) is 2.89. The van der Waals surface area contributed by atoms with Gasteiger partial charge in [0.25, 0.3) is 0 Å². The molecule has 7 nitrogen and oxygen atoms in total. The molecule has 0 aromatic heterocycles. The van der Waals surface area contributed by atoms with Crippen molar-refractivity contribution in [3.63, 3.8) is 0 Å². The summed E-state index contributed by atoms with van der Waals surface area (Å²) >= 11 is 0. The number of benzene rings is 1. The van der Waals surface area contributed by atoms with E-state index in [9.17, 15) is 4.79 Å². The highest BCUT2D eigenvalue weighted by Gasteiger charge is 2.15. The van der Waals surface area contributed by atoms with Gasteiger partial charge in [0, 0.05) is 0 Å². The lowest BCUT2D eigenvalue weighted by atomic mass is 10.1. The molecular weight excluding hydrogens is 314 g/mol. The van der Waals surface area contributed by atoms with Crippen molar-refractivity contribution in [3.8, 4) is 23.3 Å². The molecule has 7 heteroatoms. The van der Waals surface area contributed by atoms with Gasteiger partial charge in [-0.15, -0.1) is 0 Å². The molecule has 0 fully saturated rings. The van der Waals surface area contributed by atoms with Crippen LogP contribution in [-0.4, -0.2) is 40.5 Å². The van der Waals surface area contributed by atoms with E-state index in [0.717, 1.165) is 0 Å². The van der Waals surface area contributed by atoms with Crippen molar-refractivity contribution in [2.75, 3.05) is 34.5 Å². The quantitative estimate of drug-likeness (QED) is 0.225. The molecule has 0 N–H and O–H groups in total. The fraction of sp³-hybridized carbons (Fsp3) is 0.294. The van der Waals surface area contributed by atoms with E-state index in [1.807, 2.05) is 0 Å². The first-order valence-electron chi connectivity index (χ1n) is 6.92. The van der Waals surface area contributed by atoms with E-state index in [1.54, 1.807) is 18.2 Å². The summed E-state index contributed by atoms with van der Waals surface area (Å²) in [5.41, 5.74) is 0.384. The van der Waals surface area contributed by atoms with E-state index in [2.05, 4.69) is 11.3 Å². The molecule has 0 atom stereocenters. The van der Waals surface area contributed by atoms with Crippen LogP contribution >= 0.6 is 0 Å². The van der Waals surface area contributed by atoms with E-state index in [0.29, 0.717) is 29.4 Å². The van der Waals surface area contributed by atoms with Gasteiger partial charge in [0.1, 0.15) is 24.9 Å². The minimum atomic E-state index is -0.725. The zero-order valence-corrected chi connectivity index (χ0v) is 13.8. The zero-order chi connectivity index (χ0) is 17.9. The molecule has 0 unspecified atom stereocenters. The Morgan fingerprint density at radius 2 is 1.83 bits per heavy atom. The van der Waals surface area contributed by atoms with Gasteiger partial charge in [-0.1, -0.05) is 6.58 Å². The van der Waals surface area contributed by atoms with Crippen molar-refractivity contribution >= 4 is 12.0 Å². The second-order valence-corrected chi connectivity index (χ2v) is 4.30. The molecule has 1 aromatic carbocycles. The molecule has 0 bridgehead atoms. The number of nitrogens with zero attached hydrogens (tertiary/aromatic N) is 1. The van der Waals surface area contributed by atoms with Crippen LogP contribution < -0.4 is 14.2 Å². The Balaban J connectivity index is 3.18. The highest BCUT2D eigenvalue weighted by atomic mass is 16.6. The van der Waals surface area contributed by atoms with Crippen molar-refractivity contribution < 1.29 is 28.5 Å². The normalized spacial score (nSPS) is 10.3. The second kappa shape index (κ2) is 9.79. The number of hydrogen-bond acceptors (Lipinski definition) is 7. The summed E-state index contributed by atoms with van der Waals surface area (Å²) < 4.78 is 25.7. The van der Waals surface area contributed by atoms with Crippen LogP contribution in [0.5, 0.6) is 17.2 Å². The number of carbonyl (C=O) groups is 1. The fourth-order valence-electron chi connectivity index (χ4n) is 1.81. The Morgan fingerprint density at radius 3 is 2.29 bits per heavy atom. The van der Waals surface area contributed by atoms with Crippen LogP contribution in [0, 0.1) is 11.3 Å². The van der Waals surface area contributed by atoms with Gasteiger partial charge in [-0.2, -0.15) is 5.26 Å². The molecule has 128 valence electrons. The predicted molar refractivity (Wildman–Crippen MR) is 86.8 cm³/mol. The van der Waals surface area contributed by atoms with Crippen molar-refractivity contribution in [2.24, 2.45) is 0 Å². The van der Waals surface area contributed by atoms with Gasteiger partial charge in [0.15, 0.2) is 11.5 Å². The maximum absolute atomic E-state index is 11.5. The number of rotatable bonds is 9. The number of methoxy groups -OCH3 is 3.